The summed E-state index contributed by atoms with van der Waals surface area (Å²) in [6, 6.07) is 7.07. The Kier molecular flexibility index (Phi) is 4.06. The topological polar surface area (TPSA) is 86.3 Å². The van der Waals surface area contributed by atoms with E-state index in [0.717, 1.165) is 17.9 Å². The van der Waals surface area contributed by atoms with E-state index in [-0.39, 0.29) is 0 Å². The molecule has 0 unspecified atom stereocenters. The maximum Gasteiger partial charge on any atom is 0.229 e. The highest BCUT2D eigenvalue weighted by atomic mass is 19.1. The molecule has 0 amide bonds. The highest BCUT2D eigenvalue weighted by Gasteiger charge is 2.19. The molecule has 3 aromatic heterocycles. The number of nitrogens with zero attached hydrogens (tertiary/aromatic N) is 7. The van der Waals surface area contributed by atoms with Crippen LogP contribution in [0.15, 0.2) is 42.9 Å². The van der Waals surface area contributed by atoms with Crippen LogP contribution in [0.5, 0.6) is 0 Å². The summed E-state index contributed by atoms with van der Waals surface area (Å²) in [5, 5.41) is 15.6. The fraction of sp³-hybridized carbons (Fsp3) is 0.278. The molecule has 0 aliphatic carbocycles. The molecular formula is C18H19FN8. The lowest BCUT2D eigenvalue weighted by molar-refractivity contribution is 0.221. The second kappa shape index (κ2) is 6.42. The zero-order chi connectivity index (χ0) is 19.0. The largest absolute Gasteiger partial charge is 0.321 e. The van der Waals surface area contributed by atoms with Gasteiger partial charge in [-0.15, -0.1) is 5.10 Å². The lowest BCUT2D eigenvalue weighted by atomic mass is 10.0. The first-order chi connectivity index (χ1) is 12.9. The van der Waals surface area contributed by atoms with Gasteiger partial charge in [-0.3, -0.25) is 4.68 Å². The standard InChI is InChI=1S/C18H19FN8/c1-4-26-11-13(9-21-26)22-17-20-10-15-16(23-17)27(25-24-15)14-7-5-12(6-8-14)18(2,3)19/h5-11H,4H2,1-3H3,(H,20,22,23). The molecular weight excluding hydrogens is 347 g/mol. The number of fused-ring (bicyclic) bond motifs is 1. The number of halogens is 1. The smallest absolute Gasteiger partial charge is 0.229 e. The fourth-order valence-electron chi connectivity index (χ4n) is 2.69. The molecule has 27 heavy (non-hydrogen) atoms. The summed E-state index contributed by atoms with van der Waals surface area (Å²) in [7, 11) is 0. The zero-order valence-electron chi connectivity index (χ0n) is 15.3. The van der Waals surface area contributed by atoms with Crippen LogP contribution >= 0.6 is 0 Å². The summed E-state index contributed by atoms with van der Waals surface area (Å²) in [6.45, 7) is 5.85. The first-order valence-corrected chi connectivity index (χ1v) is 8.62. The Labute approximate surface area is 155 Å². The van der Waals surface area contributed by atoms with E-state index in [1.165, 1.54) is 13.8 Å². The van der Waals surface area contributed by atoms with Crippen molar-refractivity contribution in [3.63, 3.8) is 0 Å². The lowest BCUT2D eigenvalue weighted by Crippen LogP contribution is -2.09. The molecule has 0 bridgehead atoms. The number of hydrogen-bond donors (Lipinski definition) is 1. The van der Waals surface area contributed by atoms with Crippen molar-refractivity contribution in [2.45, 2.75) is 33.0 Å². The predicted molar refractivity (Wildman–Crippen MR) is 99.8 cm³/mol. The van der Waals surface area contributed by atoms with Crippen molar-refractivity contribution in [3.8, 4) is 5.69 Å². The van der Waals surface area contributed by atoms with Gasteiger partial charge >= 0.3 is 0 Å². The normalized spacial score (nSPS) is 11.9. The summed E-state index contributed by atoms with van der Waals surface area (Å²) in [5.41, 5.74) is 1.87. The Morgan fingerprint density at radius 3 is 2.59 bits per heavy atom. The minimum Gasteiger partial charge on any atom is -0.321 e. The number of aromatic nitrogens is 7. The molecule has 3 heterocycles. The zero-order valence-corrected chi connectivity index (χ0v) is 15.3. The van der Waals surface area contributed by atoms with Gasteiger partial charge in [0.25, 0.3) is 0 Å². The van der Waals surface area contributed by atoms with Crippen molar-refractivity contribution >= 4 is 22.8 Å². The van der Waals surface area contributed by atoms with E-state index in [1.807, 2.05) is 13.1 Å². The van der Waals surface area contributed by atoms with E-state index in [1.54, 1.807) is 46.0 Å². The maximum absolute atomic E-state index is 14.1. The summed E-state index contributed by atoms with van der Waals surface area (Å²) in [4.78, 5) is 8.78. The Hall–Kier alpha value is -3.36. The van der Waals surface area contributed by atoms with Crippen LogP contribution in [-0.4, -0.2) is 34.7 Å². The van der Waals surface area contributed by atoms with Crippen LogP contribution in [0.2, 0.25) is 0 Å². The van der Waals surface area contributed by atoms with Crippen LogP contribution in [0, 0.1) is 0 Å². The molecule has 0 aliphatic heterocycles. The monoisotopic (exact) mass is 366 g/mol. The van der Waals surface area contributed by atoms with Crippen molar-refractivity contribution in [1.82, 2.24) is 34.7 Å². The van der Waals surface area contributed by atoms with E-state index in [9.17, 15) is 4.39 Å². The number of alkyl halides is 1. The Morgan fingerprint density at radius 1 is 1.15 bits per heavy atom. The molecule has 0 radical (unpaired) electrons. The molecule has 0 saturated carbocycles. The number of rotatable bonds is 5. The third kappa shape index (κ3) is 3.35. The SMILES string of the molecule is CCn1cc(Nc2ncc3nnn(-c4ccc(C(C)(C)F)cc4)c3n2)cn1. The molecule has 0 saturated heterocycles. The number of aryl methyl sites for hydroxylation is 1. The van der Waals surface area contributed by atoms with Crippen LogP contribution in [0.3, 0.4) is 0 Å². The van der Waals surface area contributed by atoms with Gasteiger partial charge in [0.05, 0.1) is 23.8 Å². The van der Waals surface area contributed by atoms with Gasteiger partial charge in [-0.1, -0.05) is 17.3 Å². The fourth-order valence-corrected chi connectivity index (χ4v) is 2.69. The van der Waals surface area contributed by atoms with E-state index in [0.29, 0.717) is 22.7 Å². The highest BCUT2D eigenvalue weighted by Crippen LogP contribution is 2.26. The number of anilines is 2. The van der Waals surface area contributed by atoms with E-state index in [4.69, 9.17) is 0 Å². The van der Waals surface area contributed by atoms with Crippen molar-refractivity contribution in [1.29, 1.82) is 0 Å². The minimum atomic E-state index is -1.40. The van der Waals surface area contributed by atoms with Gasteiger partial charge in [0, 0.05) is 12.7 Å². The number of hydrogen-bond acceptors (Lipinski definition) is 6. The third-order valence-electron chi connectivity index (χ3n) is 4.20. The molecule has 138 valence electrons. The van der Waals surface area contributed by atoms with E-state index >= 15 is 0 Å². The molecule has 0 atom stereocenters. The third-order valence-corrected chi connectivity index (χ3v) is 4.20. The van der Waals surface area contributed by atoms with Crippen LogP contribution in [-0.2, 0) is 12.2 Å². The molecule has 0 aliphatic rings. The number of benzene rings is 1. The van der Waals surface area contributed by atoms with Gasteiger partial charge in [0.15, 0.2) is 11.2 Å². The van der Waals surface area contributed by atoms with Gasteiger partial charge in [-0.05, 0) is 38.5 Å². The molecule has 4 aromatic rings. The first kappa shape index (κ1) is 17.1. The van der Waals surface area contributed by atoms with Crippen LogP contribution < -0.4 is 5.32 Å². The van der Waals surface area contributed by atoms with Gasteiger partial charge in [-0.2, -0.15) is 14.8 Å². The molecule has 9 heteroatoms. The summed E-state index contributed by atoms with van der Waals surface area (Å²) >= 11 is 0. The molecule has 4 rings (SSSR count). The van der Waals surface area contributed by atoms with Crippen LogP contribution in [0.1, 0.15) is 26.3 Å². The van der Waals surface area contributed by atoms with Gasteiger partial charge < -0.3 is 5.32 Å². The molecule has 1 aromatic carbocycles. The van der Waals surface area contributed by atoms with Gasteiger partial charge in [-0.25, -0.2) is 9.37 Å². The second-order valence-corrected chi connectivity index (χ2v) is 6.63. The van der Waals surface area contributed by atoms with Crippen molar-refractivity contribution < 1.29 is 4.39 Å². The quantitative estimate of drug-likeness (QED) is 0.583. The molecule has 0 spiro atoms. The molecule has 8 nitrogen and oxygen atoms in total. The lowest BCUT2D eigenvalue weighted by Gasteiger charge is -2.14. The first-order valence-electron chi connectivity index (χ1n) is 8.62. The van der Waals surface area contributed by atoms with Crippen LogP contribution in [0.25, 0.3) is 16.9 Å². The minimum absolute atomic E-state index is 0.420. The molecule has 1 N–H and O–H groups in total. The average molecular weight is 366 g/mol. The summed E-state index contributed by atoms with van der Waals surface area (Å²) in [6.07, 6.45) is 5.20. The summed E-state index contributed by atoms with van der Waals surface area (Å²) < 4.78 is 17.5. The van der Waals surface area contributed by atoms with Gasteiger partial charge in [0.1, 0.15) is 5.67 Å². The maximum atomic E-state index is 14.1. The Bertz CT molecular complexity index is 1070. The molecule has 0 fully saturated rings. The van der Waals surface area contributed by atoms with Crippen molar-refractivity contribution in [3.05, 3.63) is 48.4 Å². The summed E-state index contributed by atoms with van der Waals surface area (Å²) in [5.74, 6) is 0.420. The Morgan fingerprint density at radius 2 is 1.93 bits per heavy atom. The predicted octanol–water partition coefficient (Wildman–Crippen LogP) is 3.38. The highest BCUT2D eigenvalue weighted by molar-refractivity contribution is 5.72. The van der Waals surface area contributed by atoms with Crippen LogP contribution in [0.4, 0.5) is 16.0 Å². The van der Waals surface area contributed by atoms with E-state index in [2.05, 4.69) is 30.7 Å². The average Bonchev–Trinajstić information content (AvgIpc) is 3.27. The Balaban J connectivity index is 1.67. The number of nitrogens with one attached hydrogen (secondary N) is 1. The van der Waals surface area contributed by atoms with Gasteiger partial charge in [0.2, 0.25) is 5.95 Å². The second-order valence-electron chi connectivity index (χ2n) is 6.63. The van der Waals surface area contributed by atoms with Crippen molar-refractivity contribution in [2.24, 2.45) is 0 Å². The van der Waals surface area contributed by atoms with E-state index < -0.39 is 5.67 Å². The van der Waals surface area contributed by atoms with Crippen molar-refractivity contribution in [2.75, 3.05) is 5.32 Å².